The van der Waals surface area contributed by atoms with Crippen molar-refractivity contribution < 1.29 is 36.6 Å². The normalized spacial score (nSPS) is 12.2. The van der Waals surface area contributed by atoms with Gasteiger partial charge in [-0.15, -0.1) is 0 Å². The first-order valence-electron chi connectivity index (χ1n) is 11.8. The number of alkyl halides is 3. The molecule has 12 heteroatoms. The fraction of sp³-hybridized carbons (Fsp3) is 0.370. The second-order valence-electron chi connectivity index (χ2n) is 8.51. The van der Waals surface area contributed by atoms with E-state index in [1.165, 1.54) is 6.07 Å². The molecule has 0 aliphatic carbocycles. The highest BCUT2D eigenvalue weighted by atomic mass is 19.4. The van der Waals surface area contributed by atoms with Crippen LogP contribution in [0, 0.1) is 5.82 Å². The largest absolute Gasteiger partial charge is 0.491 e. The first-order valence-corrected chi connectivity index (χ1v) is 11.8. The van der Waals surface area contributed by atoms with Gasteiger partial charge in [0.15, 0.2) is 0 Å². The van der Waals surface area contributed by atoms with Gasteiger partial charge in [0.1, 0.15) is 35.8 Å². The second-order valence-corrected chi connectivity index (χ2v) is 8.51. The summed E-state index contributed by atoms with van der Waals surface area (Å²) >= 11 is 0. The molecule has 0 saturated carbocycles. The van der Waals surface area contributed by atoms with Crippen LogP contribution in [-0.2, 0) is 14.3 Å². The lowest BCUT2D eigenvalue weighted by molar-refractivity contribution is -0.188. The van der Waals surface area contributed by atoms with Crippen molar-refractivity contribution in [2.24, 2.45) is 4.99 Å². The molecule has 2 aromatic rings. The Bertz CT molecular complexity index is 1230. The molecule has 8 nitrogen and oxygen atoms in total. The van der Waals surface area contributed by atoms with E-state index in [0.29, 0.717) is 35.2 Å². The highest BCUT2D eigenvalue weighted by molar-refractivity contribution is 5.88. The van der Waals surface area contributed by atoms with E-state index >= 15 is 0 Å². The zero-order valence-electron chi connectivity index (χ0n) is 22.5. The first-order chi connectivity index (χ1) is 18.3. The van der Waals surface area contributed by atoms with Crippen molar-refractivity contribution in [2.45, 2.75) is 38.9 Å². The quantitative estimate of drug-likeness (QED) is 0.129. The highest BCUT2D eigenvalue weighted by Crippen LogP contribution is 2.29. The van der Waals surface area contributed by atoms with Crippen LogP contribution in [0.2, 0.25) is 0 Å². The van der Waals surface area contributed by atoms with Gasteiger partial charge in [-0.2, -0.15) is 13.2 Å². The summed E-state index contributed by atoms with van der Waals surface area (Å²) in [6.07, 6.45) is -3.22. The summed E-state index contributed by atoms with van der Waals surface area (Å²) in [5.41, 5.74) is -0.519. The molecule has 0 aliphatic rings. The molecule has 2 aromatic carbocycles. The summed E-state index contributed by atoms with van der Waals surface area (Å²) in [5.74, 6) is -0.593. The third kappa shape index (κ3) is 10.8. The molecule has 0 bridgehead atoms. The summed E-state index contributed by atoms with van der Waals surface area (Å²) < 4.78 is 61.5. The van der Waals surface area contributed by atoms with Gasteiger partial charge in [-0.3, -0.25) is 4.79 Å². The number of anilines is 2. The van der Waals surface area contributed by atoms with Crippen LogP contribution in [0.5, 0.6) is 5.75 Å². The zero-order valence-corrected chi connectivity index (χ0v) is 22.5. The molecule has 0 saturated heterocycles. The number of aldehydes is 1. The molecule has 0 heterocycles. The van der Waals surface area contributed by atoms with Gasteiger partial charge in [-0.1, -0.05) is 6.58 Å². The summed E-state index contributed by atoms with van der Waals surface area (Å²) in [6, 6.07) is 10.6. The minimum absolute atomic E-state index is 0.252. The molecule has 1 amide bonds. The molecule has 0 atom stereocenters. The van der Waals surface area contributed by atoms with Gasteiger partial charge < -0.3 is 30.2 Å². The number of halogens is 4. The molecule has 0 aliphatic heterocycles. The maximum Gasteiger partial charge on any atom is 0.410 e. The number of amides is 1. The number of nitrogens with one attached hydrogen (secondary N) is 3. The fourth-order valence-electron chi connectivity index (χ4n) is 2.92. The SMILES string of the molecule is C=c1cc(OCCOC)cc(F)/c1=C(/N=C\C)Nc1ccc(NC)cc1.CC(C)(NC(=O)CC=O)C(F)(F)F. The predicted molar refractivity (Wildman–Crippen MR) is 145 cm³/mol. The Kier molecular flexibility index (Phi) is 13.1. The van der Waals surface area contributed by atoms with Gasteiger partial charge in [-0.25, -0.2) is 9.38 Å². The topological polar surface area (TPSA) is 101 Å². The van der Waals surface area contributed by atoms with Gasteiger partial charge in [0.2, 0.25) is 5.91 Å². The van der Waals surface area contributed by atoms with Crippen molar-refractivity contribution in [3.63, 3.8) is 0 Å². The number of nitrogens with zero attached hydrogens (tertiary/aromatic N) is 1. The number of carbonyl (C=O) groups is 2. The van der Waals surface area contributed by atoms with Crippen molar-refractivity contribution in [1.82, 2.24) is 5.32 Å². The lowest BCUT2D eigenvalue weighted by Crippen LogP contribution is -2.54. The number of benzene rings is 2. The first kappa shape index (κ1) is 33.1. The Morgan fingerprint density at radius 1 is 1.10 bits per heavy atom. The third-order valence-corrected chi connectivity index (χ3v) is 5.06. The van der Waals surface area contributed by atoms with Crippen molar-refractivity contribution in [3.8, 4) is 5.75 Å². The monoisotopic (exact) mass is 554 g/mol. The number of methoxy groups -OCH3 is 1. The minimum atomic E-state index is -4.52. The highest BCUT2D eigenvalue weighted by Gasteiger charge is 2.48. The Morgan fingerprint density at radius 3 is 2.21 bits per heavy atom. The fourth-order valence-corrected chi connectivity index (χ4v) is 2.92. The average molecular weight is 555 g/mol. The standard InChI is InChI=1S/C20H24FN3O2.C7H10F3NO2/c1-5-23-20(24-16-8-6-15(22-3)7-9-16)19-14(2)12-17(13-18(19)21)26-11-10-25-4;1-6(2,7(8,9)10)11-5(13)3-4-12/h5-9,12-13,22,24H,2,10-11H2,1,3-4H3;4H,3H2,1-2H3,(H,11,13)/b20-19-,23-5-;. The van der Waals surface area contributed by atoms with Gasteiger partial charge in [0.25, 0.3) is 0 Å². The summed E-state index contributed by atoms with van der Waals surface area (Å²) in [5, 5.41) is 8.69. The lowest BCUT2D eigenvalue weighted by Gasteiger charge is -2.28. The van der Waals surface area contributed by atoms with Gasteiger partial charge >= 0.3 is 6.18 Å². The van der Waals surface area contributed by atoms with Crippen LogP contribution in [0.1, 0.15) is 27.2 Å². The van der Waals surface area contributed by atoms with Crippen LogP contribution in [0.25, 0.3) is 12.4 Å². The molecule has 0 aromatic heterocycles. The summed E-state index contributed by atoms with van der Waals surface area (Å²) in [6.45, 7) is 8.15. The van der Waals surface area contributed by atoms with E-state index in [4.69, 9.17) is 9.47 Å². The van der Waals surface area contributed by atoms with Crippen LogP contribution in [0.15, 0.2) is 41.4 Å². The zero-order chi connectivity index (χ0) is 29.6. The molecule has 3 N–H and O–H groups in total. The maximum absolute atomic E-state index is 14.7. The average Bonchev–Trinajstić information content (AvgIpc) is 2.84. The van der Waals surface area contributed by atoms with E-state index < -0.39 is 29.9 Å². The van der Waals surface area contributed by atoms with Crippen molar-refractivity contribution in [3.05, 3.63) is 52.7 Å². The molecule has 0 fully saturated rings. The number of rotatable bonds is 11. The Morgan fingerprint density at radius 2 is 1.72 bits per heavy atom. The Balaban J connectivity index is 0.000000495. The van der Waals surface area contributed by atoms with Gasteiger partial charge in [0, 0.05) is 37.8 Å². The molecule has 214 valence electrons. The van der Waals surface area contributed by atoms with Crippen molar-refractivity contribution in [2.75, 3.05) is 38.0 Å². The molecule has 0 spiro atoms. The Hall–Kier alpha value is -3.93. The van der Waals surface area contributed by atoms with Crippen molar-refractivity contribution >= 4 is 42.2 Å². The van der Waals surface area contributed by atoms with Crippen LogP contribution in [-0.4, -0.2) is 57.5 Å². The van der Waals surface area contributed by atoms with E-state index in [0.717, 1.165) is 25.2 Å². The smallest absolute Gasteiger partial charge is 0.410 e. The summed E-state index contributed by atoms with van der Waals surface area (Å²) in [7, 11) is 3.43. The molecule has 0 unspecified atom stereocenters. The van der Waals surface area contributed by atoms with Gasteiger partial charge in [-0.05, 0) is 56.3 Å². The van der Waals surface area contributed by atoms with E-state index in [-0.39, 0.29) is 6.29 Å². The molecule has 39 heavy (non-hydrogen) atoms. The van der Waals surface area contributed by atoms with Crippen LogP contribution >= 0.6 is 0 Å². The van der Waals surface area contributed by atoms with E-state index in [1.54, 1.807) is 31.6 Å². The number of hydrogen-bond donors (Lipinski definition) is 3. The second kappa shape index (κ2) is 15.5. The Labute approximate surface area is 224 Å². The number of hydrogen-bond acceptors (Lipinski definition) is 7. The van der Waals surface area contributed by atoms with Gasteiger partial charge in [0.05, 0.1) is 18.2 Å². The maximum atomic E-state index is 14.7. The minimum Gasteiger partial charge on any atom is -0.491 e. The van der Waals surface area contributed by atoms with E-state index in [2.05, 4.69) is 22.2 Å². The number of aliphatic imine (C=N–C) groups is 1. The van der Waals surface area contributed by atoms with Crippen LogP contribution < -0.4 is 31.1 Å². The third-order valence-electron chi connectivity index (χ3n) is 5.06. The molecule has 2 rings (SSSR count). The number of carbonyl (C=O) groups excluding carboxylic acids is 2. The van der Waals surface area contributed by atoms with Crippen LogP contribution in [0.4, 0.5) is 28.9 Å². The molecular formula is C27H34F4N4O4. The number of ether oxygens (including phenoxy) is 2. The summed E-state index contributed by atoms with van der Waals surface area (Å²) in [4.78, 5) is 24.8. The van der Waals surface area contributed by atoms with E-state index in [1.807, 2.05) is 31.3 Å². The van der Waals surface area contributed by atoms with Crippen molar-refractivity contribution in [1.29, 1.82) is 0 Å². The molecular weight excluding hydrogens is 520 g/mol. The van der Waals surface area contributed by atoms with Crippen LogP contribution in [0.3, 0.4) is 0 Å². The molecule has 0 radical (unpaired) electrons. The van der Waals surface area contributed by atoms with E-state index in [9.17, 15) is 27.2 Å². The predicted octanol–water partition coefficient (Wildman–Crippen LogP) is 3.60. The lowest BCUT2D eigenvalue weighted by atomic mass is 10.1.